The largest absolute Gasteiger partial charge is 0.492 e. The number of thiophene rings is 1. The van der Waals surface area contributed by atoms with Crippen molar-refractivity contribution in [1.29, 1.82) is 5.26 Å². The van der Waals surface area contributed by atoms with Crippen molar-refractivity contribution in [2.24, 2.45) is 0 Å². The van der Waals surface area contributed by atoms with Crippen LogP contribution in [0, 0.1) is 11.3 Å². The topological polar surface area (TPSA) is 82.4 Å². The summed E-state index contributed by atoms with van der Waals surface area (Å²) >= 11 is 4.79. The van der Waals surface area contributed by atoms with Crippen LogP contribution in [0.2, 0.25) is 0 Å². The molecule has 0 aliphatic carbocycles. The number of halogens is 1. The first-order valence-electron chi connectivity index (χ1n) is 7.47. The molecule has 3 rings (SSSR count). The Morgan fingerprint density at radius 1 is 1.28 bits per heavy atom. The van der Waals surface area contributed by atoms with Gasteiger partial charge in [-0.1, -0.05) is 0 Å². The highest BCUT2D eigenvalue weighted by Gasteiger charge is 2.49. The highest BCUT2D eigenvalue weighted by atomic mass is 79.9. The van der Waals surface area contributed by atoms with Gasteiger partial charge in [-0.15, -0.1) is 11.3 Å². The van der Waals surface area contributed by atoms with Gasteiger partial charge >= 0.3 is 6.03 Å². The number of nitrogens with zero attached hydrogens (tertiary/aromatic N) is 2. The Bertz CT molecular complexity index is 859. The second-order valence-corrected chi connectivity index (χ2v) is 8.06. The number of urea groups is 1. The van der Waals surface area contributed by atoms with Crippen molar-refractivity contribution in [3.63, 3.8) is 0 Å². The van der Waals surface area contributed by atoms with Crippen LogP contribution in [0.15, 0.2) is 40.2 Å². The third-order valence-corrected chi connectivity index (χ3v) is 5.75. The van der Waals surface area contributed by atoms with Crippen LogP contribution in [-0.4, -0.2) is 30.0 Å². The van der Waals surface area contributed by atoms with E-state index in [4.69, 9.17) is 10.00 Å². The number of nitrogens with one attached hydrogen (secondary N) is 1. The fraction of sp³-hybridized carbons (Fsp3) is 0.235. The summed E-state index contributed by atoms with van der Waals surface area (Å²) in [6.45, 7) is 2.02. The maximum Gasteiger partial charge on any atom is 0.325 e. The van der Waals surface area contributed by atoms with E-state index < -0.39 is 11.6 Å². The smallest absolute Gasteiger partial charge is 0.325 e. The molecular weight excluding hydrogens is 406 g/mol. The predicted molar refractivity (Wildman–Crippen MR) is 96.3 cm³/mol. The Morgan fingerprint density at radius 3 is 2.60 bits per heavy atom. The van der Waals surface area contributed by atoms with Crippen LogP contribution in [0.4, 0.5) is 4.79 Å². The highest BCUT2D eigenvalue weighted by Crippen LogP contribution is 2.35. The van der Waals surface area contributed by atoms with Crippen LogP contribution in [0.25, 0.3) is 0 Å². The third kappa shape index (κ3) is 3.38. The molecule has 1 unspecified atom stereocenters. The Kier molecular flexibility index (Phi) is 4.79. The van der Waals surface area contributed by atoms with Gasteiger partial charge in [-0.2, -0.15) is 5.26 Å². The second kappa shape index (κ2) is 6.86. The summed E-state index contributed by atoms with van der Waals surface area (Å²) < 4.78 is 6.45. The molecule has 0 bridgehead atoms. The maximum absolute atomic E-state index is 12.7. The number of ether oxygens (including phenoxy) is 1. The Morgan fingerprint density at radius 2 is 2.00 bits per heavy atom. The Balaban J connectivity index is 1.64. The molecule has 0 radical (unpaired) electrons. The fourth-order valence-electron chi connectivity index (χ4n) is 2.53. The summed E-state index contributed by atoms with van der Waals surface area (Å²) in [5.74, 6) is 0.284. The molecule has 25 heavy (non-hydrogen) atoms. The molecule has 6 nitrogen and oxygen atoms in total. The number of carbonyl (C=O) groups is 2. The molecule has 128 valence electrons. The van der Waals surface area contributed by atoms with E-state index in [1.807, 2.05) is 18.2 Å². The first kappa shape index (κ1) is 17.5. The molecule has 1 aliphatic heterocycles. The van der Waals surface area contributed by atoms with Gasteiger partial charge in [0.2, 0.25) is 0 Å². The van der Waals surface area contributed by atoms with E-state index in [0.29, 0.717) is 11.3 Å². The zero-order valence-electron chi connectivity index (χ0n) is 13.3. The standard InChI is InChI=1S/C17H14BrN3O3S/c1-17(13-6-7-14(18)25-13)15(22)21(16(23)20-17)8-9-24-12-4-2-11(10-19)3-5-12/h2-7H,8-9H2,1H3,(H,20,23). The summed E-state index contributed by atoms with van der Waals surface area (Å²) in [5, 5.41) is 11.5. The van der Waals surface area contributed by atoms with E-state index >= 15 is 0 Å². The minimum absolute atomic E-state index is 0.146. The molecule has 0 saturated carbocycles. The quantitative estimate of drug-likeness (QED) is 0.754. The van der Waals surface area contributed by atoms with Crippen LogP contribution in [0.5, 0.6) is 5.75 Å². The van der Waals surface area contributed by atoms with Crippen LogP contribution in [0.3, 0.4) is 0 Å². The van der Waals surface area contributed by atoms with Gasteiger partial charge < -0.3 is 10.1 Å². The van der Waals surface area contributed by atoms with Gasteiger partial charge in [0, 0.05) is 4.88 Å². The number of rotatable bonds is 5. The first-order chi connectivity index (χ1) is 11.9. The number of hydrogen-bond acceptors (Lipinski definition) is 5. The van der Waals surface area contributed by atoms with E-state index in [1.54, 1.807) is 31.2 Å². The zero-order chi connectivity index (χ0) is 18.0. The Hall–Kier alpha value is -2.37. The number of hydrogen-bond donors (Lipinski definition) is 1. The average molecular weight is 420 g/mol. The number of benzene rings is 1. The number of amides is 3. The van der Waals surface area contributed by atoms with Crippen molar-refractivity contribution in [1.82, 2.24) is 10.2 Å². The van der Waals surface area contributed by atoms with Gasteiger partial charge in [0.1, 0.15) is 12.4 Å². The number of nitriles is 1. The van der Waals surface area contributed by atoms with Crippen molar-refractivity contribution < 1.29 is 14.3 Å². The third-order valence-electron chi connectivity index (χ3n) is 3.91. The monoisotopic (exact) mass is 419 g/mol. The molecule has 1 atom stereocenters. The summed E-state index contributed by atoms with van der Waals surface area (Å²) in [6, 6.07) is 11.9. The number of imide groups is 1. The number of carbonyl (C=O) groups excluding carboxylic acids is 2. The lowest BCUT2D eigenvalue weighted by Crippen LogP contribution is -2.40. The molecule has 1 aromatic carbocycles. The molecular formula is C17H14BrN3O3S. The predicted octanol–water partition coefficient (Wildman–Crippen LogP) is 3.23. The van der Waals surface area contributed by atoms with Crippen molar-refractivity contribution >= 4 is 39.2 Å². The zero-order valence-corrected chi connectivity index (χ0v) is 15.7. The van der Waals surface area contributed by atoms with Crippen molar-refractivity contribution in [3.8, 4) is 11.8 Å². The van der Waals surface area contributed by atoms with E-state index in [2.05, 4.69) is 21.2 Å². The second-order valence-electron chi connectivity index (χ2n) is 5.60. The lowest BCUT2D eigenvalue weighted by atomic mass is 10.0. The van der Waals surface area contributed by atoms with Crippen LogP contribution >= 0.6 is 27.3 Å². The lowest BCUT2D eigenvalue weighted by Gasteiger charge is -2.20. The summed E-state index contributed by atoms with van der Waals surface area (Å²) in [6.07, 6.45) is 0. The van der Waals surface area contributed by atoms with Gasteiger partial charge in [0.25, 0.3) is 5.91 Å². The van der Waals surface area contributed by atoms with E-state index in [1.165, 1.54) is 11.3 Å². The normalized spacial score (nSPS) is 19.6. The van der Waals surface area contributed by atoms with Crippen molar-refractivity contribution in [2.45, 2.75) is 12.5 Å². The maximum atomic E-state index is 12.7. The molecule has 1 fully saturated rings. The molecule has 0 spiro atoms. The molecule has 1 aromatic heterocycles. The van der Waals surface area contributed by atoms with Crippen LogP contribution in [-0.2, 0) is 10.3 Å². The average Bonchev–Trinajstić information content (AvgIpc) is 3.13. The summed E-state index contributed by atoms with van der Waals surface area (Å²) in [4.78, 5) is 26.9. The minimum atomic E-state index is -1.05. The van der Waals surface area contributed by atoms with Gasteiger partial charge in [-0.05, 0) is 59.3 Å². The van der Waals surface area contributed by atoms with Crippen LogP contribution in [0.1, 0.15) is 17.4 Å². The van der Waals surface area contributed by atoms with Gasteiger partial charge in [0.05, 0.1) is 22.0 Å². The molecule has 1 aliphatic rings. The first-order valence-corrected chi connectivity index (χ1v) is 9.08. The van der Waals surface area contributed by atoms with E-state index in [-0.39, 0.29) is 19.1 Å². The molecule has 2 heterocycles. The summed E-state index contributed by atoms with van der Waals surface area (Å²) in [7, 11) is 0. The molecule has 1 saturated heterocycles. The van der Waals surface area contributed by atoms with Crippen LogP contribution < -0.4 is 10.1 Å². The minimum Gasteiger partial charge on any atom is -0.492 e. The summed E-state index contributed by atoms with van der Waals surface area (Å²) in [5.41, 5.74) is -0.512. The molecule has 2 aromatic rings. The van der Waals surface area contributed by atoms with Gasteiger partial charge in [0.15, 0.2) is 5.54 Å². The molecule has 1 N–H and O–H groups in total. The van der Waals surface area contributed by atoms with Gasteiger partial charge in [-0.3, -0.25) is 9.69 Å². The van der Waals surface area contributed by atoms with Crippen molar-refractivity contribution in [3.05, 3.63) is 50.6 Å². The van der Waals surface area contributed by atoms with E-state index in [9.17, 15) is 9.59 Å². The Labute approximate surface area is 157 Å². The van der Waals surface area contributed by atoms with E-state index in [0.717, 1.165) is 13.6 Å². The SMILES string of the molecule is CC1(c2ccc(Br)s2)NC(=O)N(CCOc2ccc(C#N)cc2)C1=O. The molecule has 8 heteroatoms. The van der Waals surface area contributed by atoms with Gasteiger partial charge in [-0.25, -0.2) is 4.79 Å². The lowest BCUT2D eigenvalue weighted by molar-refractivity contribution is -0.131. The van der Waals surface area contributed by atoms with Crippen molar-refractivity contribution in [2.75, 3.05) is 13.2 Å². The fourth-order valence-corrected chi connectivity index (χ4v) is 4.01. The molecule has 3 amide bonds. The highest BCUT2D eigenvalue weighted by molar-refractivity contribution is 9.11.